The van der Waals surface area contributed by atoms with Crippen molar-refractivity contribution in [2.75, 3.05) is 7.11 Å². The number of aliphatic carboxylic acids is 1. The number of hydrogen-bond donors (Lipinski definition) is 1. The Kier molecular flexibility index (Phi) is 2.38. The number of methoxy groups -OCH3 is 1. The first-order valence-corrected chi connectivity index (χ1v) is 4.83. The number of carboxylic acid groups (broad SMARTS) is 1. The van der Waals surface area contributed by atoms with Gasteiger partial charge in [-0.05, 0) is 11.6 Å². The van der Waals surface area contributed by atoms with E-state index in [0.717, 1.165) is 0 Å². The van der Waals surface area contributed by atoms with Crippen molar-refractivity contribution in [2.24, 2.45) is 0 Å². The summed E-state index contributed by atoms with van der Waals surface area (Å²) < 4.78 is 4.98. The molecule has 0 radical (unpaired) electrons. The van der Waals surface area contributed by atoms with Crippen LogP contribution in [0.4, 0.5) is 0 Å². The quantitative estimate of drug-likeness (QED) is 0.816. The van der Waals surface area contributed by atoms with Gasteiger partial charge in [-0.3, -0.25) is 14.6 Å². The Labute approximate surface area is 92.1 Å². The van der Waals surface area contributed by atoms with E-state index < -0.39 is 11.4 Å². The number of aromatic nitrogens is 1. The molecular weight excluding hydrogens is 210 g/mol. The summed E-state index contributed by atoms with van der Waals surface area (Å²) in [6.07, 6.45) is 3.05. The van der Waals surface area contributed by atoms with Crippen LogP contribution >= 0.6 is 0 Å². The van der Waals surface area contributed by atoms with Gasteiger partial charge in [-0.2, -0.15) is 0 Å². The summed E-state index contributed by atoms with van der Waals surface area (Å²) in [6.45, 7) is 0. The Hall–Kier alpha value is -1.91. The van der Waals surface area contributed by atoms with E-state index in [4.69, 9.17) is 4.74 Å². The molecule has 5 nitrogen and oxygen atoms in total. The highest BCUT2D eigenvalue weighted by Crippen LogP contribution is 2.42. The number of carboxylic acids is 1. The maximum Gasteiger partial charge on any atom is 0.315 e. The van der Waals surface area contributed by atoms with Crippen LogP contribution in [0, 0.1) is 0 Å². The summed E-state index contributed by atoms with van der Waals surface area (Å²) >= 11 is 0. The van der Waals surface area contributed by atoms with Crippen LogP contribution in [0.3, 0.4) is 0 Å². The first kappa shape index (κ1) is 10.6. The van der Waals surface area contributed by atoms with Gasteiger partial charge in [0.1, 0.15) is 16.9 Å². The molecule has 1 N–H and O–H groups in total. The Morgan fingerprint density at radius 2 is 2.19 bits per heavy atom. The van der Waals surface area contributed by atoms with Crippen molar-refractivity contribution in [1.29, 1.82) is 0 Å². The Morgan fingerprint density at radius 3 is 2.69 bits per heavy atom. The van der Waals surface area contributed by atoms with Gasteiger partial charge >= 0.3 is 5.97 Å². The van der Waals surface area contributed by atoms with Crippen LogP contribution in [-0.4, -0.2) is 29.0 Å². The van der Waals surface area contributed by atoms with Gasteiger partial charge in [0.2, 0.25) is 0 Å². The third-order valence-corrected chi connectivity index (χ3v) is 2.91. The number of ketones is 1. The van der Waals surface area contributed by atoms with Crippen molar-refractivity contribution in [2.45, 2.75) is 18.3 Å². The second kappa shape index (κ2) is 3.59. The zero-order valence-corrected chi connectivity index (χ0v) is 8.77. The zero-order chi connectivity index (χ0) is 11.8. The first-order chi connectivity index (χ1) is 7.58. The number of carbonyl (C=O) groups excluding carboxylic acids is 1. The fraction of sp³-hybridized carbons (Fsp3) is 0.364. The lowest BCUT2D eigenvalue weighted by Gasteiger charge is -2.36. The van der Waals surface area contributed by atoms with Crippen LogP contribution in [0.2, 0.25) is 0 Å². The molecule has 0 saturated heterocycles. The smallest absolute Gasteiger partial charge is 0.315 e. The fourth-order valence-corrected chi connectivity index (χ4v) is 1.89. The minimum Gasteiger partial charge on any atom is -0.495 e. The maximum atomic E-state index is 11.2. The molecule has 16 heavy (non-hydrogen) atoms. The van der Waals surface area contributed by atoms with E-state index in [1.165, 1.54) is 19.5 Å². The number of nitrogens with zero attached hydrogens (tertiary/aromatic N) is 1. The van der Waals surface area contributed by atoms with Gasteiger partial charge in [0, 0.05) is 19.0 Å². The number of hydrogen-bond acceptors (Lipinski definition) is 4. The van der Waals surface area contributed by atoms with Gasteiger partial charge in [0.15, 0.2) is 0 Å². The van der Waals surface area contributed by atoms with Crippen LogP contribution in [0.15, 0.2) is 18.5 Å². The van der Waals surface area contributed by atoms with Crippen molar-refractivity contribution in [3.05, 3.63) is 24.0 Å². The zero-order valence-electron chi connectivity index (χ0n) is 8.77. The molecule has 1 aromatic rings. The van der Waals surface area contributed by atoms with Gasteiger partial charge in [-0.1, -0.05) is 0 Å². The second-order valence-corrected chi connectivity index (χ2v) is 3.89. The average molecular weight is 221 g/mol. The summed E-state index contributed by atoms with van der Waals surface area (Å²) in [6, 6.07) is 1.62. The minimum atomic E-state index is -1.10. The van der Waals surface area contributed by atoms with E-state index >= 15 is 0 Å². The predicted molar refractivity (Wildman–Crippen MR) is 54.3 cm³/mol. The highest BCUT2D eigenvalue weighted by atomic mass is 16.5. The number of Topliss-reactive ketones (excluding diaryl/α,β-unsaturated/α-hetero) is 1. The van der Waals surface area contributed by atoms with Crippen LogP contribution < -0.4 is 4.74 Å². The number of rotatable bonds is 3. The van der Waals surface area contributed by atoms with Crippen molar-refractivity contribution < 1.29 is 19.4 Å². The third kappa shape index (κ3) is 1.44. The summed E-state index contributed by atoms with van der Waals surface area (Å²) in [7, 11) is 1.49. The lowest BCUT2D eigenvalue weighted by atomic mass is 9.64. The van der Waals surface area contributed by atoms with E-state index in [9.17, 15) is 14.7 Å². The average Bonchev–Trinajstić information content (AvgIpc) is 2.24. The molecule has 0 atom stereocenters. The summed E-state index contributed by atoms with van der Waals surface area (Å²) in [5.74, 6) is -0.523. The first-order valence-electron chi connectivity index (χ1n) is 4.83. The van der Waals surface area contributed by atoms with Gasteiger partial charge in [0.25, 0.3) is 0 Å². The second-order valence-electron chi connectivity index (χ2n) is 3.89. The molecule has 0 aromatic carbocycles. The molecule has 1 heterocycles. The van der Waals surface area contributed by atoms with Gasteiger partial charge in [0.05, 0.1) is 13.3 Å². The lowest BCUT2D eigenvalue weighted by Crippen LogP contribution is -2.48. The van der Waals surface area contributed by atoms with Crippen molar-refractivity contribution in [3.8, 4) is 5.75 Å². The SMILES string of the molecule is COc1cncc(C2(C(=O)O)CC(=O)C2)c1. The molecule has 1 aliphatic carbocycles. The maximum absolute atomic E-state index is 11.2. The lowest BCUT2D eigenvalue weighted by molar-refractivity contribution is -0.153. The molecule has 1 aliphatic rings. The molecule has 5 heteroatoms. The van der Waals surface area contributed by atoms with Gasteiger partial charge in [-0.25, -0.2) is 0 Å². The van der Waals surface area contributed by atoms with E-state index in [1.54, 1.807) is 6.07 Å². The van der Waals surface area contributed by atoms with Crippen molar-refractivity contribution >= 4 is 11.8 Å². The molecule has 1 saturated carbocycles. The number of pyridine rings is 1. The van der Waals surface area contributed by atoms with E-state index in [1.807, 2.05) is 0 Å². The number of carbonyl (C=O) groups is 2. The van der Waals surface area contributed by atoms with Crippen LogP contribution in [0.25, 0.3) is 0 Å². The molecule has 0 bridgehead atoms. The molecule has 0 unspecified atom stereocenters. The summed E-state index contributed by atoms with van der Waals surface area (Å²) in [5, 5.41) is 9.20. The topological polar surface area (TPSA) is 76.5 Å². The standard InChI is InChI=1S/C11H11NO4/c1-16-9-2-7(5-12-6-9)11(10(14)15)3-8(13)4-11/h2,5-6H,3-4H2,1H3,(H,14,15). The van der Waals surface area contributed by atoms with Gasteiger partial charge < -0.3 is 9.84 Å². The van der Waals surface area contributed by atoms with Crippen LogP contribution in [-0.2, 0) is 15.0 Å². The molecular formula is C11H11NO4. The predicted octanol–water partition coefficient (Wildman–Crippen LogP) is 0.776. The molecule has 0 spiro atoms. The Balaban J connectivity index is 2.40. The molecule has 0 amide bonds. The van der Waals surface area contributed by atoms with E-state index in [2.05, 4.69) is 4.98 Å². The van der Waals surface area contributed by atoms with E-state index in [0.29, 0.717) is 11.3 Å². The number of ether oxygens (including phenoxy) is 1. The third-order valence-electron chi connectivity index (χ3n) is 2.91. The molecule has 1 fully saturated rings. The largest absolute Gasteiger partial charge is 0.495 e. The molecule has 84 valence electrons. The van der Waals surface area contributed by atoms with E-state index in [-0.39, 0.29) is 18.6 Å². The Morgan fingerprint density at radius 1 is 1.50 bits per heavy atom. The monoisotopic (exact) mass is 221 g/mol. The molecule has 2 rings (SSSR count). The van der Waals surface area contributed by atoms with Crippen LogP contribution in [0.1, 0.15) is 18.4 Å². The van der Waals surface area contributed by atoms with Gasteiger partial charge in [-0.15, -0.1) is 0 Å². The fourth-order valence-electron chi connectivity index (χ4n) is 1.89. The normalized spacial score (nSPS) is 17.7. The highest BCUT2D eigenvalue weighted by Gasteiger charge is 2.51. The minimum absolute atomic E-state index is 0.0368. The van der Waals surface area contributed by atoms with Crippen LogP contribution in [0.5, 0.6) is 5.75 Å². The molecule has 0 aliphatic heterocycles. The highest BCUT2D eigenvalue weighted by molar-refractivity contribution is 6.01. The van der Waals surface area contributed by atoms with Crippen molar-refractivity contribution in [3.63, 3.8) is 0 Å². The molecule has 1 aromatic heterocycles. The summed E-state index contributed by atoms with van der Waals surface area (Å²) in [4.78, 5) is 26.2. The van der Waals surface area contributed by atoms with Crippen molar-refractivity contribution in [1.82, 2.24) is 4.98 Å². The summed E-state index contributed by atoms with van der Waals surface area (Å²) in [5.41, 5.74) is -0.572. The Bertz CT molecular complexity index is 447.